The molecule has 1 N–H and O–H groups in total. The zero-order valence-electron chi connectivity index (χ0n) is 19.1. The highest BCUT2D eigenvalue weighted by molar-refractivity contribution is 5.84. The summed E-state index contributed by atoms with van der Waals surface area (Å²) in [6.07, 6.45) is 2.94. The summed E-state index contributed by atoms with van der Waals surface area (Å²) in [4.78, 5) is 0. The van der Waals surface area contributed by atoms with Gasteiger partial charge in [0.25, 0.3) is 0 Å². The fraction of sp³-hybridized carbons (Fsp3) is 0.682. The van der Waals surface area contributed by atoms with Crippen molar-refractivity contribution < 1.29 is 14.7 Å². The van der Waals surface area contributed by atoms with Crippen LogP contribution in [0.5, 0.6) is 5.75 Å². The molecule has 0 aliphatic carbocycles. The maximum atomic E-state index is 8.67. The summed E-state index contributed by atoms with van der Waals surface area (Å²) in [7, 11) is 0. The van der Waals surface area contributed by atoms with Crippen molar-refractivity contribution in [1.29, 1.82) is 0 Å². The monoisotopic (exact) mass is 369 g/mol. The van der Waals surface area contributed by atoms with Crippen molar-refractivity contribution >= 4 is 6.21 Å². The van der Waals surface area contributed by atoms with Crippen LogP contribution in [0.4, 0.5) is 0 Å². The van der Waals surface area contributed by atoms with Crippen molar-refractivity contribution in [2.75, 3.05) is 13.2 Å². The van der Waals surface area contributed by atoms with Crippen LogP contribution in [0, 0.1) is 20.8 Å². The maximum absolute atomic E-state index is 8.67. The molecule has 1 aromatic carbocycles. The second kappa shape index (κ2) is 19.8. The SMILES string of the molecule is CC.CC.CC.CCC.Cc1cc(C)c(OCC2CO2)c(C)c1/C=N/O. The van der Waals surface area contributed by atoms with E-state index in [4.69, 9.17) is 14.7 Å². The van der Waals surface area contributed by atoms with Gasteiger partial charge in [-0.15, -0.1) is 0 Å². The Labute approximate surface area is 162 Å². The highest BCUT2D eigenvalue weighted by Gasteiger charge is 2.24. The predicted octanol–water partition coefficient (Wildman–Crippen LogP) is 6.69. The smallest absolute Gasteiger partial charge is 0.125 e. The molecular formula is C22H43NO3. The Hall–Kier alpha value is -1.55. The molecule has 0 amide bonds. The fourth-order valence-corrected chi connectivity index (χ4v) is 2.00. The van der Waals surface area contributed by atoms with Gasteiger partial charge >= 0.3 is 0 Å². The number of hydrogen-bond acceptors (Lipinski definition) is 4. The maximum Gasteiger partial charge on any atom is 0.125 e. The third kappa shape index (κ3) is 11.9. The van der Waals surface area contributed by atoms with E-state index in [0.29, 0.717) is 6.61 Å². The lowest BCUT2D eigenvalue weighted by Gasteiger charge is -2.15. The first kappa shape index (κ1) is 29.2. The van der Waals surface area contributed by atoms with Crippen molar-refractivity contribution in [2.45, 2.75) is 88.7 Å². The van der Waals surface area contributed by atoms with Crippen LogP contribution in [0.2, 0.25) is 0 Å². The molecule has 0 aromatic heterocycles. The second-order valence-corrected chi connectivity index (χ2v) is 5.10. The van der Waals surface area contributed by atoms with Crippen LogP contribution in [0.15, 0.2) is 11.2 Å². The standard InChI is InChI=1S/C13H17NO3.C3H8.3C2H6/c1-8-4-9(2)13(17-7-11-6-16-11)10(3)12(8)5-14-15;1-3-2;3*1-2/h4-5,11,15H,6-7H2,1-3H3;3H2,1-2H3;3*1-2H3/b14-5+;;;;. The van der Waals surface area contributed by atoms with Gasteiger partial charge in [-0.2, -0.15) is 0 Å². The molecule has 1 saturated heterocycles. The summed E-state index contributed by atoms with van der Waals surface area (Å²) in [6, 6.07) is 2.03. The fourth-order valence-electron chi connectivity index (χ4n) is 2.00. The molecule has 4 heteroatoms. The molecule has 1 aliphatic heterocycles. The molecule has 1 heterocycles. The van der Waals surface area contributed by atoms with E-state index in [1.165, 1.54) is 12.6 Å². The summed E-state index contributed by atoms with van der Waals surface area (Å²) >= 11 is 0. The van der Waals surface area contributed by atoms with E-state index in [1.54, 1.807) is 0 Å². The molecule has 1 atom stereocenters. The number of rotatable bonds is 4. The number of epoxide rings is 1. The lowest BCUT2D eigenvalue weighted by molar-refractivity contribution is 0.260. The van der Waals surface area contributed by atoms with Crippen molar-refractivity contribution in [3.8, 4) is 5.75 Å². The lowest BCUT2D eigenvalue weighted by atomic mass is 9.99. The molecule has 1 aromatic rings. The van der Waals surface area contributed by atoms with E-state index in [0.717, 1.165) is 34.6 Å². The lowest BCUT2D eigenvalue weighted by Crippen LogP contribution is -2.08. The van der Waals surface area contributed by atoms with Gasteiger partial charge in [0.15, 0.2) is 0 Å². The first-order chi connectivity index (χ1) is 12.5. The molecular weight excluding hydrogens is 326 g/mol. The Kier molecular flexibility index (Phi) is 22.2. The second-order valence-electron chi connectivity index (χ2n) is 5.10. The summed E-state index contributed by atoms with van der Waals surface area (Å²) in [5.74, 6) is 0.862. The minimum absolute atomic E-state index is 0.241. The quantitative estimate of drug-likeness (QED) is 0.278. The van der Waals surface area contributed by atoms with E-state index < -0.39 is 0 Å². The van der Waals surface area contributed by atoms with Gasteiger partial charge in [-0.3, -0.25) is 0 Å². The molecule has 4 nitrogen and oxygen atoms in total. The molecule has 1 aliphatic rings. The van der Waals surface area contributed by atoms with Gasteiger partial charge < -0.3 is 14.7 Å². The van der Waals surface area contributed by atoms with E-state index in [9.17, 15) is 0 Å². The minimum atomic E-state index is 0.241. The number of benzene rings is 1. The van der Waals surface area contributed by atoms with E-state index in [-0.39, 0.29) is 6.10 Å². The van der Waals surface area contributed by atoms with Gasteiger partial charge in [0.1, 0.15) is 18.5 Å². The first-order valence-electron chi connectivity index (χ1n) is 10.1. The number of oxime groups is 1. The zero-order valence-corrected chi connectivity index (χ0v) is 19.1. The van der Waals surface area contributed by atoms with Crippen LogP contribution in [0.3, 0.4) is 0 Å². The molecule has 26 heavy (non-hydrogen) atoms. The average Bonchev–Trinajstić information content (AvgIpc) is 3.48. The highest BCUT2D eigenvalue weighted by Crippen LogP contribution is 2.29. The van der Waals surface area contributed by atoms with E-state index >= 15 is 0 Å². The topological polar surface area (TPSA) is 54.3 Å². The van der Waals surface area contributed by atoms with Crippen molar-refractivity contribution in [3.05, 3.63) is 28.3 Å². The Morgan fingerprint density at radius 2 is 1.54 bits per heavy atom. The van der Waals surface area contributed by atoms with Gasteiger partial charge in [-0.25, -0.2) is 0 Å². The van der Waals surface area contributed by atoms with Gasteiger partial charge in [-0.05, 0) is 31.9 Å². The van der Waals surface area contributed by atoms with Gasteiger partial charge in [0.2, 0.25) is 0 Å². The molecule has 0 radical (unpaired) electrons. The molecule has 0 spiro atoms. The molecule has 154 valence electrons. The Morgan fingerprint density at radius 3 is 1.92 bits per heavy atom. The molecule has 2 rings (SSSR count). The van der Waals surface area contributed by atoms with E-state index in [1.807, 2.05) is 68.4 Å². The molecule has 1 unspecified atom stereocenters. The predicted molar refractivity (Wildman–Crippen MR) is 115 cm³/mol. The molecule has 1 fully saturated rings. The number of nitrogens with zero attached hydrogens (tertiary/aromatic N) is 1. The van der Waals surface area contributed by atoms with Crippen molar-refractivity contribution in [3.63, 3.8) is 0 Å². The van der Waals surface area contributed by atoms with Crippen LogP contribution in [-0.4, -0.2) is 30.7 Å². The number of ether oxygens (including phenoxy) is 2. The zero-order chi connectivity index (χ0) is 21.1. The number of aryl methyl sites for hydroxylation is 2. The van der Waals surface area contributed by atoms with Gasteiger partial charge in [-0.1, -0.05) is 73.0 Å². The van der Waals surface area contributed by atoms with Crippen LogP contribution in [0.25, 0.3) is 0 Å². The minimum Gasteiger partial charge on any atom is -0.490 e. The summed E-state index contributed by atoms with van der Waals surface area (Å²) < 4.78 is 10.9. The average molecular weight is 370 g/mol. The molecule has 0 saturated carbocycles. The van der Waals surface area contributed by atoms with Gasteiger partial charge in [0, 0.05) is 11.1 Å². The first-order valence-corrected chi connectivity index (χ1v) is 10.1. The highest BCUT2D eigenvalue weighted by atomic mass is 16.6. The normalized spacial score (nSPS) is 13.6. The van der Waals surface area contributed by atoms with Gasteiger partial charge in [0.05, 0.1) is 12.8 Å². The third-order valence-corrected chi connectivity index (χ3v) is 2.96. The summed E-state index contributed by atoms with van der Waals surface area (Å²) in [6.45, 7) is 23.6. The summed E-state index contributed by atoms with van der Waals surface area (Å²) in [5.41, 5.74) is 4.08. The van der Waals surface area contributed by atoms with Crippen LogP contribution >= 0.6 is 0 Å². The summed E-state index contributed by atoms with van der Waals surface area (Å²) in [5, 5.41) is 11.8. The molecule has 0 bridgehead atoms. The van der Waals surface area contributed by atoms with Crippen molar-refractivity contribution in [1.82, 2.24) is 0 Å². The van der Waals surface area contributed by atoms with Crippen LogP contribution in [0.1, 0.15) is 84.1 Å². The third-order valence-electron chi connectivity index (χ3n) is 2.96. The van der Waals surface area contributed by atoms with Crippen LogP contribution < -0.4 is 4.74 Å². The van der Waals surface area contributed by atoms with Crippen LogP contribution in [-0.2, 0) is 4.74 Å². The number of hydrogen-bond donors (Lipinski definition) is 1. The van der Waals surface area contributed by atoms with E-state index in [2.05, 4.69) is 19.0 Å². The Morgan fingerprint density at radius 1 is 1.08 bits per heavy atom. The largest absolute Gasteiger partial charge is 0.490 e. The Bertz CT molecular complexity index is 467. The van der Waals surface area contributed by atoms with Crippen molar-refractivity contribution in [2.24, 2.45) is 5.16 Å². The Balaban J connectivity index is -0.000000509.